The van der Waals surface area contributed by atoms with Crippen LogP contribution in [0.25, 0.3) is 43.6 Å². The summed E-state index contributed by atoms with van der Waals surface area (Å²) >= 11 is 1.21. The van der Waals surface area contributed by atoms with Gasteiger partial charge in [0.2, 0.25) is 0 Å². The van der Waals surface area contributed by atoms with Gasteiger partial charge in [-0.15, -0.1) is 11.3 Å². The molecule has 0 amide bonds. The Hall–Kier alpha value is -4.24. The fraction of sp³-hybridized carbons (Fsp3) is 0.233. The Morgan fingerprint density at radius 3 is 2.54 bits per heavy atom. The third-order valence-corrected chi connectivity index (χ3v) is 8.62. The third-order valence-electron chi connectivity index (χ3n) is 7.48. The van der Waals surface area contributed by atoms with E-state index in [1.165, 1.54) is 29.5 Å². The van der Waals surface area contributed by atoms with Gasteiger partial charge >= 0.3 is 11.9 Å². The number of aromatic hydroxyl groups is 1. The molecule has 1 aliphatic rings. The lowest BCUT2D eigenvalue weighted by Gasteiger charge is -2.23. The Bertz CT molecular complexity index is 1770. The van der Waals surface area contributed by atoms with Gasteiger partial charge in [0.1, 0.15) is 23.0 Å². The van der Waals surface area contributed by atoms with Crippen molar-refractivity contribution in [2.24, 2.45) is 0 Å². The van der Waals surface area contributed by atoms with E-state index in [0.29, 0.717) is 16.7 Å². The topological polar surface area (TPSA) is 113 Å². The van der Waals surface area contributed by atoms with Crippen molar-refractivity contribution in [3.05, 3.63) is 70.9 Å². The lowest BCUT2D eigenvalue weighted by Crippen LogP contribution is -2.12. The summed E-state index contributed by atoms with van der Waals surface area (Å²) in [6.45, 7) is -0.291. The number of nitrogens with zero attached hydrogens (tertiary/aromatic N) is 2. The molecule has 1 saturated carbocycles. The number of phenols is 1. The summed E-state index contributed by atoms with van der Waals surface area (Å²) in [4.78, 5) is 28.6. The third kappa shape index (κ3) is 4.52. The van der Waals surface area contributed by atoms with Gasteiger partial charge in [0.05, 0.1) is 27.1 Å². The molecule has 1 fully saturated rings. The number of aromatic carboxylic acids is 1. The molecule has 3 heterocycles. The molecule has 6 rings (SSSR count). The van der Waals surface area contributed by atoms with Gasteiger partial charge in [0.15, 0.2) is 0 Å². The van der Waals surface area contributed by atoms with Gasteiger partial charge in [-0.25, -0.2) is 14.2 Å². The smallest absolute Gasteiger partial charge is 0.345 e. The van der Waals surface area contributed by atoms with Crippen LogP contribution >= 0.6 is 11.3 Å². The molecule has 7 nitrogen and oxygen atoms in total. The molecular weight excluding hydrogens is 519 g/mol. The molecule has 3 aromatic heterocycles. The van der Waals surface area contributed by atoms with Crippen LogP contribution in [0.4, 0.5) is 4.39 Å². The van der Waals surface area contributed by atoms with Crippen LogP contribution in [-0.2, 0) is 11.3 Å². The fourth-order valence-electron chi connectivity index (χ4n) is 5.77. The largest absolute Gasteiger partial charge is 0.508 e. The second-order valence-electron chi connectivity index (χ2n) is 9.98. The van der Waals surface area contributed by atoms with E-state index < -0.39 is 17.8 Å². The molecule has 0 bridgehead atoms. The van der Waals surface area contributed by atoms with Gasteiger partial charge in [-0.05, 0) is 72.4 Å². The monoisotopic (exact) mass is 544 g/mol. The number of rotatable bonds is 6. The Labute approximate surface area is 226 Å². The SMILES string of the molecule is O=C(O)Cn1c(-c2ccc3nc(-c4cc(O)ccc4F)ccc3c2)c(C2CCCCC2)c2sc(C(=O)O)cc21. The molecule has 2 aromatic carbocycles. The molecule has 3 N–H and O–H groups in total. The predicted octanol–water partition coefficient (Wildman–Crippen LogP) is 7.26. The van der Waals surface area contributed by atoms with Crippen LogP contribution in [0.2, 0.25) is 0 Å². The van der Waals surface area contributed by atoms with Crippen molar-refractivity contribution in [3.8, 4) is 28.3 Å². The molecule has 0 saturated heterocycles. The number of carboxylic acids is 2. The second kappa shape index (κ2) is 9.81. The first-order valence-corrected chi connectivity index (χ1v) is 13.6. The lowest BCUT2D eigenvalue weighted by atomic mass is 9.83. The van der Waals surface area contributed by atoms with Gasteiger partial charge in [0.25, 0.3) is 0 Å². The zero-order chi connectivity index (χ0) is 27.3. The molecule has 198 valence electrons. The number of thiophene rings is 1. The predicted molar refractivity (Wildman–Crippen MR) is 148 cm³/mol. The molecule has 5 aromatic rings. The Kier molecular flexibility index (Phi) is 6.31. The van der Waals surface area contributed by atoms with Gasteiger partial charge < -0.3 is 19.9 Å². The zero-order valence-corrected chi connectivity index (χ0v) is 21.7. The van der Waals surface area contributed by atoms with Crippen LogP contribution in [0.5, 0.6) is 5.75 Å². The van der Waals surface area contributed by atoms with Crippen LogP contribution in [-0.4, -0.2) is 36.8 Å². The Morgan fingerprint density at radius 1 is 1.00 bits per heavy atom. The lowest BCUT2D eigenvalue weighted by molar-refractivity contribution is -0.137. The number of aromatic nitrogens is 2. The highest BCUT2D eigenvalue weighted by atomic mass is 32.1. The molecular formula is C30H25FN2O5S. The summed E-state index contributed by atoms with van der Waals surface area (Å²) in [7, 11) is 0. The second-order valence-corrected chi connectivity index (χ2v) is 11.0. The standard InChI is InChI=1S/C30H25FN2O5S/c31-21-9-8-19(34)13-20(21)23-11-6-17-12-18(7-10-22(17)32-23)28-27(16-4-2-1-3-5-16)29-24(33(28)15-26(35)36)14-25(39-29)30(37)38/h6-14,16,34H,1-5,15H2,(H,35,36)(H,37,38). The normalized spacial score (nSPS) is 14.3. The number of hydrogen-bond acceptors (Lipinski definition) is 5. The highest BCUT2D eigenvalue weighted by Crippen LogP contribution is 2.47. The molecule has 39 heavy (non-hydrogen) atoms. The number of carbonyl (C=O) groups is 2. The van der Waals surface area contributed by atoms with Crippen molar-refractivity contribution < 1.29 is 29.3 Å². The molecule has 0 atom stereocenters. The van der Waals surface area contributed by atoms with E-state index in [1.807, 2.05) is 24.3 Å². The first-order chi connectivity index (χ1) is 18.8. The van der Waals surface area contributed by atoms with Crippen LogP contribution in [0.1, 0.15) is 53.3 Å². The number of fused-ring (bicyclic) bond motifs is 2. The van der Waals surface area contributed by atoms with Crippen molar-refractivity contribution in [2.45, 2.75) is 44.6 Å². The van der Waals surface area contributed by atoms with E-state index in [9.17, 15) is 29.3 Å². The van der Waals surface area contributed by atoms with Crippen molar-refractivity contribution in [1.82, 2.24) is 9.55 Å². The number of benzene rings is 2. The number of aliphatic carboxylic acids is 1. The van der Waals surface area contributed by atoms with Gasteiger partial charge in [0, 0.05) is 10.9 Å². The quantitative estimate of drug-likeness (QED) is 0.207. The minimum atomic E-state index is -1.02. The average Bonchev–Trinajstić information content (AvgIpc) is 3.48. The van der Waals surface area contributed by atoms with Gasteiger partial charge in [-0.2, -0.15) is 0 Å². The van der Waals surface area contributed by atoms with E-state index in [0.717, 1.165) is 59.0 Å². The van der Waals surface area contributed by atoms with Crippen molar-refractivity contribution in [2.75, 3.05) is 0 Å². The fourth-order valence-corrected chi connectivity index (χ4v) is 6.89. The summed E-state index contributed by atoms with van der Waals surface area (Å²) in [5.74, 6) is -2.36. The van der Waals surface area contributed by atoms with Crippen LogP contribution in [0.3, 0.4) is 0 Å². The van der Waals surface area contributed by atoms with Crippen molar-refractivity contribution >= 4 is 44.4 Å². The Balaban J connectivity index is 1.54. The number of phenolic OH excluding ortho intramolecular Hbond substituents is 1. The van der Waals surface area contributed by atoms with E-state index in [1.54, 1.807) is 16.7 Å². The van der Waals surface area contributed by atoms with Crippen molar-refractivity contribution in [1.29, 1.82) is 0 Å². The van der Waals surface area contributed by atoms with Crippen molar-refractivity contribution in [3.63, 3.8) is 0 Å². The number of pyridine rings is 1. The molecule has 0 aliphatic heterocycles. The molecule has 0 spiro atoms. The zero-order valence-electron chi connectivity index (χ0n) is 20.9. The first-order valence-electron chi connectivity index (χ1n) is 12.8. The van der Waals surface area contributed by atoms with Crippen LogP contribution in [0.15, 0.2) is 54.6 Å². The van der Waals surface area contributed by atoms with Crippen LogP contribution < -0.4 is 0 Å². The maximum atomic E-state index is 14.4. The average molecular weight is 545 g/mol. The van der Waals surface area contributed by atoms with Gasteiger partial charge in [-0.3, -0.25) is 4.79 Å². The number of carboxylic acid groups (broad SMARTS) is 2. The summed E-state index contributed by atoms with van der Waals surface area (Å²) in [6.07, 6.45) is 5.23. The van der Waals surface area contributed by atoms with E-state index in [-0.39, 0.29) is 28.7 Å². The summed E-state index contributed by atoms with van der Waals surface area (Å²) in [6, 6.07) is 14.6. The van der Waals surface area contributed by atoms with Crippen LogP contribution in [0, 0.1) is 5.82 Å². The highest BCUT2D eigenvalue weighted by molar-refractivity contribution is 7.21. The van der Waals surface area contributed by atoms with E-state index in [4.69, 9.17) is 0 Å². The molecule has 0 radical (unpaired) electrons. The van der Waals surface area contributed by atoms with Gasteiger partial charge in [-0.1, -0.05) is 31.4 Å². The maximum absolute atomic E-state index is 14.4. The minimum absolute atomic E-state index is 0.0518. The molecule has 1 aliphatic carbocycles. The maximum Gasteiger partial charge on any atom is 0.345 e. The molecule has 9 heteroatoms. The van der Waals surface area contributed by atoms with E-state index in [2.05, 4.69) is 4.98 Å². The molecule has 0 unspecified atom stereocenters. The summed E-state index contributed by atoms with van der Waals surface area (Å²) in [5.41, 5.74) is 4.49. The Morgan fingerprint density at radius 2 is 1.79 bits per heavy atom. The highest BCUT2D eigenvalue weighted by Gasteiger charge is 2.29. The summed E-state index contributed by atoms with van der Waals surface area (Å²) in [5, 5.41) is 30.1. The number of hydrogen-bond donors (Lipinski definition) is 3. The summed E-state index contributed by atoms with van der Waals surface area (Å²) < 4.78 is 17.0. The minimum Gasteiger partial charge on any atom is -0.508 e. The first kappa shape index (κ1) is 25.1. The van der Waals surface area contributed by atoms with E-state index >= 15 is 0 Å². The number of halogens is 1.